The molecule has 2 N–H and O–H groups in total. The number of pyridine rings is 1. The number of urea groups is 1. The van der Waals surface area contributed by atoms with Crippen molar-refractivity contribution in [3.05, 3.63) is 59.0 Å². The van der Waals surface area contributed by atoms with Crippen molar-refractivity contribution in [2.45, 2.75) is 19.5 Å². The SMILES string of the molecule is O=C(NCc1cc(Cl)c2c(c1)OCCCO2)NCc1cn2ccccc2n1. The highest BCUT2D eigenvalue weighted by molar-refractivity contribution is 6.32. The standard InChI is InChI=1S/C19H19ClN4O3/c20-15-8-13(9-16-18(15)27-7-3-6-26-16)10-21-19(25)22-11-14-12-24-5-2-1-4-17(24)23-14/h1-2,4-5,8-9,12H,3,6-7,10-11H2,(H2,21,22,25). The van der Waals surface area contributed by atoms with Crippen molar-refractivity contribution < 1.29 is 14.3 Å². The number of imidazole rings is 1. The van der Waals surface area contributed by atoms with Gasteiger partial charge >= 0.3 is 6.03 Å². The zero-order chi connectivity index (χ0) is 18.6. The summed E-state index contributed by atoms with van der Waals surface area (Å²) in [6.07, 6.45) is 4.61. The molecule has 0 fully saturated rings. The largest absolute Gasteiger partial charge is 0.489 e. The van der Waals surface area contributed by atoms with Crippen LogP contribution in [0.5, 0.6) is 11.5 Å². The van der Waals surface area contributed by atoms with Crippen LogP contribution in [0.25, 0.3) is 5.65 Å². The molecule has 0 radical (unpaired) electrons. The predicted octanol–water partition coefficient (Wildman–Crippen LogP) is 3.15. The van der Waals surface area contributed by atoms with E-state index in [1.165, 1.54) is 0 Å². The molecule has 8 heteroatoms. The third-order valence-corrected chi connectivity index (χ3v) is 4.44. The number of amides is 2. The molecule has 1 aromatic carbocycles. The molecule has 1 aliphatic heterocycles. The average Bonchev–Trinajstić information content (AvgIpc) is 2.93. The van der Waals surface area contributed by atoms with E-state index in [1.807, 2.05) is 41.1 Å². The van der Waals surface area contributed by atoms with Crippen molar-refractivity contribution in [1.29, 1.82) is 0 Å². The maximum Gasteiger partial charge on any atom is 0.315 e. The summed E-state index contributed by atoms with van der Waals surface area (Å²) in [5.74, 6) is 1.18. The van der Waals surface area contributed by atoms with Gasteiger partial charge in [0.05, 0.1) is 30.5 Å². The molecule has 0 saturated heterocycles. The summed E-state index contributed by atoms with van der Waals surface area (Å²) >= 11 is 6.27. The smallest absolute Gasteiger partial charge is 0.315 e. The Morgan fingerprint density at radius 1 is 1.19 bits per heavy atom. The molecule has 0 spiro atoms. The first-order valence-electron chi connectivity index (χ1n) is 8.71. The van der Waals surface area contributed by atoms with Gasteiger partial charge in [0.15, 0.2) is 11.5 Å². The Hall–Kier alpha value is -2.93. The zero-order valence-electron chi connectivity index (χ0n) is 14.6. The summed E-state index contributed by atoms with van der Waals surface area (Å²) in [6.45, 7) is 1.83. The van der Waals surface area contributed by atoms with Gasteiger partial charge in [0, 0.05) is 25.4 Å². The number of aromatic nitrogens is 2. The summed E-state index contributed by atoms with van der Waals surface area (Å²) in [5.41, 5.74) is 2.47. The normalized spacial score (nSPS) is 13.2. The second-order valence-corrected chi connectivity index (χ2v) is 6.60. The van der Waals surface area contributed by atoms with Crippen molar-refractivity contribution in [2.75, 3.05) is 13.2 Å². The number of carbonyl (C=O) groups excluding carboxylic acids is 1. The minimum Gasteiger partial charge on any atom is -0.489 e. The van der Waals surface area contributed by atoms with Gasteiger partial charge in [0.2, 0.25) is 0 Å². The molecule has 3 heterocycles. The van der Waals surface area contributed by atoms with Crippen molar-refractivity contribution in [3.63, 3.8) is 0 Å². The van der Waals surface area contributed by atoms with Gasteiger partial charge in [-0.2, -0.15) is 0 Å². The molecule has 2 amide bonds. The fourth-order valence-electron chi connectivity index (χ4n) is 2.87. The van der Waals surface area contributed by atoms with Crippen LogP contribution in [0, 0.1) is 0 Å². The maximum atomic E-state index is 12.1. The lowest BCUT2D eigenvalue weighted by Crippen LogP contribution is -2.34. The van der Waals surface area contributed by atoms with Gasteiger partial charge in [-0.25, -0.2) is 9.78 Å². The predicted molar refractivity (Wildman–Crippen MR) is 101 cm³/mol. The Kier molecular flexibility index (Phi) is 5.02. The first kappa shape index (κ1) is 17.5. The van der Waals surface area contributed by atoms with E-state index in [1.54, 1.807) is 6.07 Å². The van der Waals surface area contributed by atoms with Crippen LogP contribution < -0.4 is 20.1 Å². The van der Waals surface area contributed by atoms with Crippen molar-refractivity contribution in [3.8, 4) is 11.5 Å². The Bertz CT molecular complexity index is 940. The number of hydrogen-bond acceptors (Lipinski definition) is 4. The average molecular weight is 387 g/mol. The van der Waals surface area contributed by atoms with Crippen LogP contribution in [0.1, 0.15) is 17.7 Å². The highest BCUT2D eigenvalue weighted by Gasteiger charge is 2.16. The lowest BCUT2D eigenvalue weighted by atomic mass is 10.2. The maximum absolute atomic E-state index is 12.1. The molecule has 27 heavy (non-hydrogen) atoms. The Balaban J connectivity index is 1.33. The molecule has 2 aromatic heterocycles. The Morgan fingerprint density at radius 2 is 2.04 bits per heavy atom. The van der Waals surface area contributed by atoms with Gasteiger partial charge in [0.25, 0.3) is 0 Å². The highest BCUT2D eigenvalue weighted by atomic mass is 35.5. The first-order valence-corrected chi connectivity index (χ1v) is 9.09. The summed E-state index contributed by atoms with van der Waals surface area (Å²) in [5, 5.41) is 6.10. The minimum atomic E-state index is -0.282. The topological polar surface area (TPSA) is 76.9 Å². The van der Waals surface area contributed by atoms with E-state index in [2.05, 4.69) is 15.6 Å². The number of ether oxygens (including phenoxy) is 2. The van der Waals surface area contributed by atoms with Crippen molar-refractivity contribution in [2.24, 2.45) is 0 Å². The molecular weight excluding hydrogens is 368 g/mol. The number of hydrogen-bond donors (Lipinski definition) is 2. The van der Waals surface area contributed by atoms with Gasteiger partial charge in [0.1, 0.15) is 5.65 Å². The number of nitrogens with one attached hydrogen (secondary N) is 2. The van der Waals surface area contributed by atoms with Crippen LogP contribution in [0.15, 0.2) is 42.7 Å². The second-order valence-electron chi connectivity index (χ2n) is 6.19. The quantitative estimate of drug-likeness (QED) is 0.722. The molecule has 4 rings (SSSR count). The molecule has 3 aromatic rings. The lowest BCUT2D eigenvalue weighted by molar-refractivity contribution is 0.240. The Labute approximate surface area is 161 Å². The Morgan fingerprint density at radius 3 is 2.93 bits per heavy atom. The van der Waals surface area contributed by atoms with E-state index in [-0.39, 0.29) is 6.03 Å². The number of halogens is 1. The van der Waals surface area contributed by atoms with E-state index in [4.69, 9.17) is 21.1 Å². The first-order chi connectivity index (χ1) is 13.2. The van der Waals surface area contributed by atoms with Crippen molar-refractivity contribution >= 4 is 23.3 Å². The zero-order valence-corrected chi connectivity index (χ0v) is 15.3. The van der Waals surface area contributed by atoms with Crippen LogP contribution in [0.3, 0.4) is 0 Å². The molecule has 0 saturated carbocycles. The van der Waals surface area contributed by atoms with Crippen LogP contribution in [0.2, 0.25) is 5.02 Å². The van der Waals surface area contributed by atoms with E-state index in [0.717, 1.165) is 23.3 Å². The van der Waals surface area contributed by atoms with E-state index in [0.29, 0.717) is 42.8 Å². The molecule has 7 nitrogen and oxygen atoms in total. The molecular formula is C19H19ClN4O3. The molecule has 0 unspecified atom stereocenters. The van der Waals surface area contributed by atoms with Gasteiger partial charge in [-0.1, -0.05) is 17.7 Å². The van der Waals surface area contributed by atoms with Crippen molar-refractivity contribution in [1.82, 2.24) is 20.0 Å². The van der Waals surface area contributed by atoms with Crippen LogP contribution in [-0.2, 0) is 13.1 Å². The van der Waals surface area contributed by atoms with E-state index < -0.39 is 0 Å². The highest BCUT2D eigenvalue weighted by Crippen LogP contribution is 2.37. The van der Waals surface area contributed by atoms with Gasteiger partial charge in [-0.05, 0) is 29.8 Å². The number of benzene rings is 1. The summed E-state index contributed by atoms with van der Waals surface area (Å²) < 4.78 is 13.2. The third-order valence-electron chi connectivity index (χ3n) is 4.16. The minimum absolute atomic E-state index is 0.282. The monoisotopic (exact) mass is 386 g/mol. The summed E-state index contributed by atoms with van der Waals surface area (Å²) in [4.78, 5) is 16.5. The fourth-order valence-corrected chi connectivity index (χ4v) is 3.16. The van der Waals surface area contributed by atoms with Gasteiger partial charge < -0.3 is 24.5 Å². The number of fused-ring (bicyclic) bond motifs is 2. The molecule has 0 atom stereocenters. The molecule has 0 aliphatic carbocycles. The molecule has 140 valence electrons. The van der Waals surface area contributed by atoms with E-state index >= 15 is 0 Å². The van der Waals surface area contributed by atoms with Crippen LogP contribution in [-0.4, -0.2) is 28.6 Å². The third kappa shape index (κ3) is 4.09. The number of rotatable bonds is 4. The van der Waals surface area contributed by atoms with E-state index in [9.17, 15) is 4.79 Å². The summed E-state index contributed by atoms with van der Waals surface area (Å²) in [7, 11) is 0. The second kappa shape index (κ2) is 7.75. The molecule has 1 aliphatic rings. The molecule has 0 bridgehead atoms. The van der Waals surface area contributed by atoms with Gasteiger partial charge in [-0.15, -0.1) is 0 Å². The summed E-state index contributed by atoms with van der Waals surface area (Å²) in [6, 6.07) is 9.10. The number of nitrogens with zero attached hydrogens (tertiary/aromatic N) is 2. The number of carbonyl (C=O) groups is 1. The van der Waals surface area contributed by atoms with Crippen LogP contribution >= 0.6 is 11.6 Å². The lowest BCUT2D eigenvalue weighted by Gasteiger charge is -2.12. The fraction of sp³-hybridized carbons (Fsp3) is 0.263. The van der Waals surface area contributed by atoms with Crippen LogP contribution in [0.4, 0.5) is 4.79 Å². The van der Waals surface area contributed by atoms with Gasteiger partial charge in [-0.3, -0.25) is 0 Å².